The van der Waals surface area contributed by atoms with E-state index >= 15 is 0 Å². The van der Waals surface area contributed by atoms with Crippen molar-refractivity contribution in [2.45, 2.75) is 6.92 Å². The third-order valence-corrected chi connectivity index (χ3v) is 5.09. The van der Waals surface area contributed by atoms with Gasteiger partial charge >= 0.3 is 0 Å². The molecule has 140 valence electrons. The number of aryl methyl sites for hydroxylation is 1. The predicted octanol–water partition coefficient (Wildman–Crippen LogP) is 7.20. The normalized spacial score (nSPS) is 10.8. The van der Waals surface area contributed by atoms with Crippen molar-refractivity contribution in [2.24, 2.45) is 0 Å². The number of ether oxygens (including phenoxy) is 1. The number of anilines is 1. The van der Waals surface area contributed by atoms with E-state index < -0.39 is 0 Å². The summed E-state index contributed by atoms with van der Waals surface area (Å²) in [5.74, 6) is 1.19. The van der Waals surface area contributed by atoms with E-state index in [-0.39, 0.29) is 5.91 Å². The van der Waals surface area contributed by atoms with Crippen molar-refractivity contribution >= 4 is 50.1 Å². The van der Waals surface area contributed by atoms with Gasteiger partial charge in [-0.15, -0.1) is 0 Å². The fourth-order valence-corrected chi connectivity index (χ4v) is 3.39. The Bertz CT molecular complexity index is 1170. The first-order valence-electron chi connectivity index (χ1n) is 8.54. The average molecular weight is 457 g/mol. The fourth-order valence-electron chi connectivity index (χ4n) is 2.86. The molecule has 0 saturated carbocycles. The van der Waals surface area contributed by atoms with Gasteiger partial charge in [-0.05, 0) is 61.5 Å². The maximum absolute atomic E-state index is 12.6. The second kappa shape index (κ2) is 7.70. The van der Waals surface area contributed by atoms with Crippen LogP contribution in [0.5, 0.6) is 11.5 Å². The third kappa shape index (κ3) is 3.77. The van der Waals surface area contributed by atoms with Gasteiger partial charge in [0.15, 0.2) is 5.76 Å². The second-order valence-corrected chi connectivity index (χ2v) is 7.53. The number of halogens is 2. The first kappa shape index (κ1) is 18.6. The van der Waals surface area contributed by atoms with Crippen LogP contribution in [-0.2, 0) is 0 Å². The Kier molecular flexibility index (Phi) is 5.11. The molecule has 4 nitrogen and oxygen atoms in total. The van der Waals surface area contributed by atoms with Crippen LogP contribution < -0.4 is 10.1 Å². The molecule has 0 fully saturated rings. The minimum atomic E-state index is -0.301. The summed E-state index contributed by atoms with van der Waals surface area (Å²) in [6.07, 6.45) is 0. The third-order valence-electron chi connectivity index (χ3n) is 4.28. The van der Waals surface area contributed by atoms with E-state index in [9.17, 15) is 4.79 Å². The Balaban J connectivity index is 1.51. The Hall–Kier alpha value is -2.76. The minimum absolute atomic E-state index is 0.296. The highest BCUT2D eigenvalue weighted by atomic mass is 79.9. The molecule has 0 radical (unpaired) electrons. The van der Waals surface area contributed by atoms with Crippen molar-refractivity contribution in [3.63, 3.8) is 0 Å². The van der Waals surface area contributed by atoms with Gasteiger partial charge in [-0.3, -0.25) is 4.79 Å². The van der Waals surface area contributed by atoms with E-state index in [1.54, 1.807) is 36.4 Å². The number of benzene rings is 3. The molecule has 6 heteroatoms. The topological polar surface area (TPSA) is 51.5 Å². The van der Waals surface area contributed by atoms with Gasteiger partial charge in [-0.25, -0.2) is 0 Å². The van der Waals surface area contributed by atoms with Crippen LogP contribution in [0.25, 0.3) is 11.0 Å². The molecular formula is C22H15BrClNO3. The van der Waals surface area contributed by atoms with Crippen LogP contribution in [0.4, 0.5) is 5.69 Å². The molecule has 1 amide bonds. The average Bonchev–Trinajstić information content (AvgIpc) is 3.01. The largest absolute Gasteiger partial charge is 0.456 e. The van der Waals surface area contributed by atoms with Gasteiger partial charge in [-0.1, -0.05) is 39.7 Å². The first-order valence-corrected chi connectivity index (χ1v) is 9.71. The van der Waals surface area contributed by atoms with Crippen LogP contribution in [0.2, 0.25) is 5.02 Å². The highest BCUT2D eigenvalue weighted by Crippen LogP contribution is 2.30. The number of carbonyl (C=O) groups is 1. The maximum atomic E-state index is 12.6. The van der Waals surface area contributed by atoms with E-state index in [0.29, 0.717) is 33.6 Å². The van der Waals surface area contributed by atoms with Crippen LogP contribution in [-0.4, -0.2) is 5.91 Å². The van der Waals surface area contributed by atoms with Crippen molar-refractivity contribution in [1.82, 2.24) is 0 Å². The van der Waals surface area contributed by atoms with Gasteiger partial charge in [0.1, 0.15) is 17.1 Å². The molecule has 0 unspecified atom stereocenters. The molecule has 0 bridgehead atoms. The number of hydrogen-bond acceptors (Lipinski definition) is 3. The van der Waals surface area contributed by atoms with Crippen molar-refractivity contribution in [2.75, 3.05) is 5.32 Å². The Morgan fingerprint density at radius 1 is 1.07 bits per heavy atom. The lowest BCUT2D eigenvalue weighted by molar-refractivity contribution is 0.0998. The molecule has 4 aromatic rings. The molecule has 0 aliphatic carbocycles. The number of rotatable bonds is 4. The van der Waals surface area contributed by atoms with Gasteiger partial charge < -0.3 is 14.5 Å². The summed E-state index contributed by atoms with van der Waals surface area (Å²) >= 11 is 9.54. The number of nitrogens with one attached hydrogen (secondary N) is 1. The maximum Gasteiger partial charge on any atom is 0.291 e. The lowest BCUT2D eigenvalue weighted by Crippen LogP contribution is -2.11. The number of para-hydroxylation sites is 1. The standard InChI is InChI=1S/C22H15BrClNO3/c1-13-17-12-14(23)6-11-19(17)28-21(13)22(26)25-15-7-9-16(10-8-15)27-20-5-3-2-4-18(20)24/h2-12H,1H3,(H,25,26). The summed E-state index contributed by atoms with van der Waals surface area (Å²) in [6, 6.07) is 20.0. The van der Waals surface area contributed by atoms with Gasteiger partial charge in [0.2, 0.25) is 0 Å². The highest BCUT2D eigenvalue weighted by Gasteiger charge is 2.18. The molecule has 1 N–H and O–H groups in total. The minimum Gasteiger partial charge on any atom is -0.456 e. The molecule has 4 rings (SSSR count). The molecule has 3 aromatic carbocycles. The van der Waals surface area contributed by atoms with E-state index in [0.717, 1.165) is 15.4 Å². The summed E-state index contributed by atoms with van der Waals surface area (Å²) in [5, 5.41) is 4.29. The Morgan fingerprint density at radius 3 is 2.57 bits per heavy atom. The second-order valence-electron chi connectivity index (χ2n) is 6.21. The van der Waals surface area contributed by atoms with Crippen molar-refractivity contribution in [3.8, 4) is 11.5 Å². The van der Waals surface area contributed by atoms with E-state index in [1.165, 1.54) is 0 Å². The highest BCUT2D eigenvalue weighted by molar-refractivity contribution is 9.10. The van der Waals surface area contributed by atoms with Crippen LogP contribution in [0, 0.1) is 6.92 Å². The monoisotopic (exact) mass is 455 g/mol. The van der Waals surface area contributed by atoms with Crippen LogP contribution in [0.15, 0.2) is 75.6 Å². The van der Waals surface area contributed by atoms with Crippen molar-refractivity contribution in [1.29, 1.82) is 0 Å². The number of fused-ring (bicyclic) bond motifs is 1. The number of furan rings is 1. The van der Waals surface area contributed by atoms with Crippen molar-refractivity contribution in [3.05, 3.63) is 87.5 Å². The number of carbonyl (C=O) groups excluding carboxylic acids is 1. The molecule has 0 aliphatic heterocycles. The predicted molar refractivity (Wildman–Crippen MR) is 115 cm³/mol. The van der Waals surface area contributed by atoms with Gasteiger partial charge in [-0.2, -0.15) is 0 Å². The molecular weight excluding hydrogens is 442 g/mol. The Labute approximate surface area is 175 Å². The SMILES string of the molecule is Cc1c(C(=O)Nc2ccc(Oc3ccccc3Cl)cc2)oc2ccc(Br)cc12. The zero-order chi connectivity index (χ0) is 19.7. The summed E-state index contributed by atoms with van der Waals surface area (Å²) in [5.41, 5.74) is 2.11. The molecule has 0 aliphatic rings. The zero-order valence-corrected chi connectivity index (χ0v) is 17.2. The summed E-state index contributed by atoms with van der Waals surface area (Å²) in [7, 11) is 0. The molecule has 0 atom stereocenters. The lowest BCUT2D eigenvalue weighted by atomic mass is 10.1. The quantitative estimate of drug-likeness (QED) is 0.353. The van der Waals surface area contributed by atoms with Crippen molar-refractivity contribution < 1.29 is 13.9 Å². The summed E-state index contributed by atoms with van der Waals surface area (Å²) in [6.45, 7) is 1.87. The van der Waals surface area contributed by atoms with E-state index in [2.05, 4.69) is 21.2 Å². The van der Waals surface area contributed by atoms with Gasteiger partial charge in [0.25, 0.3) is 5.91 Å². The molecule has 1 aromatic heterocycles. The molecule has 0 saturated heterocycles. The zero-order valence-electron chi connectivity index (χ0n) is 14.8. The fraction of sp³-hybridized carbons (Fsp3) is 0.0455. The van der Waals surface area contributed by atoms with Crippen LogP contribution in [0.1, 0.15) is 16.1 Å². The smallest absolute Gasteiger partial charge is 0.291 e. The van der Waals surface area contributed by atoms with Gasteiger partial charge in [0, 0.05) is 21.1 Å². The van der Waals surface area contributed by atoms with Gasteiger partial charge in [0.05, 0.1) is 5.02 Å². The molecule has 28 heavy (non-hydrogen) atoms. The first-order chi connectivity index (χ1) is 13.5. The summed E-state index contributed by atoms with van der Waals surface area (Å²) in [4.78, 5) is 12.6. The number of amides is 1. The van der Waals surface area contributed by atoms with E-state index in [1.807, 2.05) is 37.3 Å². The van der Waals surface area contributed by atoms with E-state index in [4.69, 9.17) is 20.8 Å². The van der Waals surface area contributed by atoms with Crippen LogP contribution in [0.3, 0.4) is 0 Å². The molecule has 0 spiro atoms. The molecule has 1 heterocycles. The number of hydrogen-bond donors (Lipinski definition) is 1. The van der Waals surface area contributed by atoms with Crippen LogP contribution >= 0.6 is 27.5 Å². The Morgan fingerprint density at radius 2 is 1.82 bits per heavy atom. The summed E-state index contributed by atoms with van der Waals surface area (Å²) < 4.78 is 12.4. The lowest BCUT2D eigenvalue weighted by Gasteiger charge is -2.09.